The molecule has 0 aromatic rings. The minimum Gasteiger partial charge on any atom is -0.481 e. The van der Waals surface area contributed by atoms with Gasteiger partial charge in [-0.25, -0.2) is 4.79 Å². The summed E-state index contributed by atoms with van der Waals surface area (Å²) in [6.45, 7) is 1.75. The third-order valence-electron chi connectivity index (χ3n) is 1.35. The van der Waals surface area contributed by atoms with Gasteiger partial charge in [-0.1, -0.05) is 13.3 Å². The lowest BCUT2D eigenvalue weighted by molar-refractivity contribution is -0.154. The van der Waals surface area contributed by atoms with Crippen LogP contribution in [0, 0.1) is 5.92 Å². The largest absolute Gasteiger partial charge is 0.505 e. The molecule has 0 atom stereocenters. The van der Waals surface area contributed by atoms with E-state index in [0.29, 0.717) is 6.42 Å². The van der Waals surface area contributed by atoms with Crippen LogP contribution in [0.4, 0.5) is 4.79 Å². The molecular weight excluding hydrogens is 208 g/mol. The fraction of sp³-hybridized carbons (Fsp3) is 0.625. The molecule has 0 spiro atoms. The summed E-state index contributed by atoms with van der Waals surface area (Å²) >= 11 is 0. The second-order valence-electron chi connectivity index (χ2n) is 2.49. The molecule has 0 aliphatic rings. The number of carbonyl (C=O) groups is 3. The first-order valence-corrected chi connectivity index (χ1v) is 4.09. The minimum absolute atomic E-state index is 0.199. The third kappa shape index (κ3) is 10.1. The maximum absolute atomic E-state index is 10.2. The van der Waals surface area contributed by atoms with Gasteiger partial charge in [0.25, 0.3) is 0 Å². The SMILES string of the molecule is CCCC(C(=O)O)C(=O)O.COC(=O)O. The summed E-state index contributed by atoms with van der Waals surface area (Å²) in [6, 6.07) is 0. The summed E-state index contributed by atoms with van der Waals surface area (Å²) in [6.07, 6.45) is -0.474. The van der Waals surface area contributed by atoms with Gasteiger partial charge in [-0.3, -0.25) is 9.59 Å². The van der Waals surface area contributed by atoms with Gasteiger partial charge in [-0.15, -0.1) is 0 Å². The summed E-state index contributed by atoms with van der Waals surface area (Å²) in [4.78, 5) is 29.4. The molecule has 0 saturated carbocycles. The standard InChI is InChI=1S/C6H10O4.C2H4O3/c1-2-3-4(5(7)8)6(9)10;1-5-2(3)4/h4H,2-3H2,1H3,(H,7,8)(H,9,10);1H3,(H,3,4). The van der Waals surface area contributed by atoms with Crippen LogP contribution in [0.3, 0.4) is 0 Å². The summed E-state index contributed by atoms with van der Waals surface area (Å²) in [5, 5.41) is 24.1. The Balaban J connectivity index is 0. The molecular formula is C8H14O7. The molecule has 0 heterocycles. The first-order chi connectivity index (χ1) is 6.86. The molecule has 0 fully saturated rings. The van der Waals surface area contributed by atoms with E-state index in [0.717, 1.165) is 7.11 Å². The van der Waals surface area contributed by atoms with Gasteiger partial charge < -0.3 is 20.1 Å². The van der Waals surface area contributed by atoms with Crippen LogP contribution >= 0.6 is 0 Å². The first kappa shape index (κ1) is 15.7. The number of ether oxygens (including phenoxy) is 1. The Bertz CT molecular complexity index is 209. The zero-order valence-corrected chi connectivity index (χ0v) is 8.47. The monoisotopic (exact) mass is 222 g/mol. The number of hydrogen-bond donors (Lipinski definition) is 3. The maximum Gasteiger partial charge on any atom is 0.505 e. The van der Waals surface area contributed by atoms with Gasteiger partial charge in [0.1, 0.15) is 0 Å². The van der Waals surface area contributed by atoms with Gasteiger partial charge in [0.2, 0.25) is 0 Å². The molecule has 0 rings (SSSR count). The summed E-state index contributed by atoms with van der Waals surface area (Å²) < 4.78 is 3.67. The van der Waals surface area contributed by atoms with Crippen LogP contribution in [0.2, 0.25) is 0 Å². The Hall–Kier alpha value is -1.79. The van der Waals surface area contributed by atoms with Crippen molar-refractivity contribution in [2.24, 2.45) is 5.92 Å². The van der Waals surface area contributed by atoms with Crippen LogP contribution in [-0.2, 0) is 14.3 Å². The molecule has 0 bridgehead atoms. The second-order valence-corrected chi connectivity index (χ2v) is 2.49. The van der Waals surface area contributed by atoms with Crippen molar-refractivity contribution in [1.29, 1.82) is 0 Å². The molecule has 15 heavy (non-hydrogen) atoms. The van der Waals surface area contributed by atoms with E-state index in [2.05, 4.69) is 4.74 Å². The van der Waals surface area contributed by atoms with E-state index in [-0.39, 0.29) is 6.42 Å². The van der Waals surface area contributed by atoms with Crippen molar-refractivity contribution >= 4 is 18.1 Å². The van der Waals surface area contributed by atoms with Crippen molar-refractivity contribution in [2.75, 3.05) is 7.11 Å². The Morgan fingerprint density at radius 1 is 1.13 bits per heavy atom. The number of methoxy groups -OCH3 is 1. The average Bonchev–Trinajstić information content (AvgIpc) is 2.14. The predicted octanol–water partition coefficient (Wildman–Crippen LogP) is 0.883. The molecule has 88 valence electrons. The molecule has 0 saturated heterocycles. The van der Waals surface area contributed by atoms with Crippen LogP contribution in [0.25, 0.3) is 0 Å². The minimum atomic E-state index is -1.26. The molecule has 0 amide bonds. The summed E-state index contributed by atoms with van der Waals surface area (Å²) in [5.41, 5.74) is 0. The first-order valence-electron chi connectivity index (χ1n) is 4.09. The van der Waals surface area contributed by atoms with E-state index < -0.39 is 24.0 Å². The van der Waals surface area contributed by atoms with Crippen LogP contribution in [0.1, 0.15) is 19.8 Å². The molecule has 0 radical (unpaired) electrons. The van der Waals surface area contributed by atoms with Crippen LogP contribution in [-0.4, -0.2) is 40.5 Å². The van der Waals surface area contributed by atoms with Gasteiger partial charge in [-0.05, 0) is 6.42 Å². The Labute approximate surface area is 86.3 Å². The van der Waals surface area contributed by atoms with Crippen LogP contribution < -0.4 is 0 Å². The molecule has 7 nitrogen and oxygen atoms in total. The third-order valence-corrected chi connectivity index (χ3v) is 1.35. The van der Waals surface area contributed by atoms with Gasteiger partial charge in [0.15, 0.2) is 5.92 Å². The number of aliphatic carboxylic acids is 2. The fourth-order valence-corrected chi connectivity index (χ4v) is 0.641. The van der Waals surface area contributed by atoms with Crippen molar-refractivity contribution in [3.63, 3.8) is 0 Å². The molecule has 0 unspecified atom stereocenters. The molecule has 3 N–H and O–H groups in total. The number of hydrogen-bond acceptors (Lipinski definition) is 4. The van der Waals surface area contributed by atoms with Crippen molar-refractivity contribution in [2.45, 2.75) is 19.8 Å². The van der Waals surface area contributed by atoms with Crippen LogP contribution in [0.15, 0.2) is 0 Å². The highest BCUT2D eigenvalue weighted by Gasteiger charge is 2.23. The Morgan fingerprint density at radius 3 is 1.53 bits per heavy atom. The van der Waals surface area contributed by atoms with E-state index in [1.165, 1.54) is 0 Å². The van der Waals surface area contributed by atoms with Gasteiger partial charge in [-0.2, -0.15) is 0 Å². The number of carboxylic acids is 2. The van der Waals surface area contributed by atoms with Gasteiger partial charge in [0, 0.05) is 0 Å². The average molecular weight is 222 g/mol. The highest BCUT2D eigenvalue weighted by atomic mass is 16.6. The molecule has 0 aromatic carbocycles. The van der Waals surface area contributed by atoms with Crippen LogP contribution in [0.5, 0.6) is 0 Å². The highest BCUT2D eigenvalue weighted by molar-refractivity contribution is 5.92. The zero-order chi connectivity index (χ0) is 12.4. The van der Waals surface area contributed by atoms with Crippen molar-refractivity contribution in [3.8, 4) is 0 Å². The Morgan fingerprint density at radius 2 is 1.47 bits per heavy atom. The highest BCUT2D eigenvalue weighted by Crippen LogP contribution is 2.05. The number of rotatable bonds is 4. The molecule has 0 aliphatic heterocycles. The molecule has 0 aromatic heterocycles. The van der Waals surface area contributed by atoms with E-state index in [9.17, 15) is 9.59 Å². The predicted molar refractivity (Wildman–Crippen MR) is 48.7 cm³/mol. The topological polar surface area (TPSA) is 121 Å². The van der Waals surface area contributed by atoms with E-state index in [1.807, 2.05) is 0 Å². The summed E-state index contributed by atoms with van der Waals surface area (Å²) in [7, 11) is 1.10. The lowest BCUT2D eigenvalue weighted by atomic mass is 10.1. The maximum atomic E-state index is 10.2. The van der Waals surface area contributed by atoms with Gasteiger partial charge in [0.05, 0.1) is 7.11 Å². The van der Waals surface area contributed by atoms with Crippen molar-refractivity contribution in [3.05, 3.63) is 0 Å². The fourth-order valence-electron chi connectivity index (χ4n) is 0.641. The van der Waals surface area contributed by atoms with Gasteiger partial charge >= 0.3 is 18.1 Å². The lowest BCUT2D eigenvalue weighted by Crippen LogP contribution is -2.22. The van der Waals surface area contributed by atoms with E-state index in [4.69, 9.17) is 20.1 Å². The zero-order valence-electron chi connectivity index (χ0n) is 8.47. The molecule has 0 aliphatic carbocycles. The van der Waals surface area contributed by atoms with Crippen molar-refractivity contribution < 1.29 is 34.4 Å². The summed E-state index contributed by atoms with van der Waals surface area (Å²) in [5.74, 6) is -3.74. The normalized spacial score (nSPS) is 8.73. The van der Waals surface area contributed by atoms with E-state index in [1.54, 1.807) is 6.92 Å². The number of carboxylic acid groups (broad SMARTS) is 3. The van der Waals surface area contributed by atoms with Crippen molar-refractivity contribution in [1.82, 2.24) is 0 Å². The van der Waals surface area contributed by atoms with E-state index >= 15 is 0 Å². The second kappa shape index (κ2) is 8.79. The smallest absolute Gasteiger partial charge is 0.481 e. The lowest BCUT2D eigenvalue weighted by Gasteiger charge is -2.02. The quantitative estimate of drug-likeness (QED) is 0.476. The molecule has 7 heteroatoms. The Kier molecular flexibility index (Phi) is 9.19.